The van der Waals surface area contributed by atoms with Gasteiger partial charge in [-0.25, -0.2) is 0 Å². The van der Waals surface area contributed by atoms with Crippen molar-refractivity contribution in [1.29, 1.82) is 0 Å². The zero-order chi connectivity index (χ0) is 28.1. The molecule has 0 atom stereocenters. The van der Waals surface area contributed by atoms with Gasteiger partial charge < -0.3 is 4.42 Å². The molecule has 1 aromatic rings. The fourth-order valence-electron chi connectivity index (χ4n) is 4.55. The molecule has 1 heterocycles. The van der Waals surface area contributed by atoms with Crippen molar-refractivity contribution in [3.8, 4) is 0 Å². The number of carbonyl (C=O) groups excluding carboxylic acids is 2. The lowest BCUT2D eigenvalue weighted by atomic mass is 9.72. The number of hydrogen-bond donors (Lipinski definition) is 0. The van der Waals surface area contributed by atoms with Crippen LogP contribution in [0.1, 0.15) is 94.6 Å². The summed E-state index contributed by atoms with van der Waals surface area (Å²) in [7, 11) is 0. The number of allylic oxidation sites excluding steroid dienone is 10. The molecular weight excluding hydrogens is 456 g/mol. The standard InChI is InChI=1S/C34H44O3/c1-31(2,3)25-17-21(18-26(29(25)35)32(4,5)6)15-23-13-14-24(37-23)16-22-19-27(33(7,8)9)30(36)28(20-22)34(10,11)12/h13-20H,1-12H3. The molecule has 0 aliphatic heterocycles. The summed E-state index contributed by atoms with van der Waals surface area (Å²) in [5.74, 6) is 1.68. The Morgan fingerprint density at radius 2 is 0.730 bits per heavy atom. The minimum Gasteiger partial charge on any atom is -0.457 e. The zero-order valence-corrected chi connectivity index (χ0v) is 24.8. The van der Waals surface area contributed by atoms with E-state index in [1.54, 1.807) is 0 Å². The van der Waals surface area contributed by atoms with Crippen molar-refractivity contribution in [2.24, 2.45) is 21.7 Å². The summed E-state index contributed by atoms with van der Waals surface area (Å²) < 4.78 is 6.19. The van der Waals surface area contributed by atoms with Gasteiger partial charge in [-0.2, -0.15) is 0 Å². The lowest BCUT2D eigenvalue weighted by Gasteiger charge is -2.31. The molecule has 3 rings (SSSR count). The minimum absolute atomic E-state index is 0.122. The van der Waals surface area contributed by atoms with Crippen molar-refractivity contribution < 1.29 is 14.0 Å². The molecule has 37 heavy (non-hydrogen) atoms. The summed E-state index contributed by atoms with van der Waals surface area (Å²) >= 11 is 0. The van der Waals surface area contributed by atoms with E-state index in [9.17, 15) is 9.59 Å². The monoisotopic (exact) mass is 500 g/mol. The van der Waals surface area contributed by atoms with Crippen molar-refractivity contribution in [3.05, 3.63) is 81.4 Å². The van der Waals surface area contributed by atoms with Gasteiger partial charge >= 0.3 is 0 Å². The highest BCUT2D eigenvalue weighted by Crippen LogP contribution is 2.41. The third-order valence-corrected chi connectivity index (χ3v) is 6.72. The third-order valence-electron chi connectivity index (χ3n) is 6.72. The molecule has 0 radical (unpaired) electrons. The van der Waals surface area contributed by atoms with Crippen LogP contribution in [0.25, 0.3) is 12.2 Å². The molecule has 0 unspecified atom stereocenters. The molecule has 0 saturated heterocycles. The first-order valence-corrected chi connectivity index (χ1v) is 13.2. The summed E-state index contributed by atoms with van der Waals surface area (Å²) in [6.45, 7) is 24.9. The Balaban J connectivity index is 2.05. The quantitative estimate of drug-likeness (QED) is 0.407. The van der Waals surface area contributed by atoms with E-state index >= 15 is 0 Å². The summed E-state index contributed by atoms with van der Waals surface area (Å²) in [5, 5.41) is 0. The van der Waals surface area contributed by atoms with E-state index in [2.05, 4.69) is 83.1 Å². The minimum atomic E-state index is -0.258. The first-order valence-electron chi connectivity index (χ1n) is 13.2. The highest BCUT2D eigenvalue weighted by atomic mass is 16.3. The molecule has 2 aliphatic carbocycles. The number of ketones is 2. The van der Waals surface area contributed by atoms with Crippen LogP contribution in [0.4, 0.5) is 0 Å². The number of rotatable bonds is 2. The Labute approximate surface area is 223 Å². The Morgan fingerprint density at radius 1 is 0.486 bits per heavy atom. The molecule has 0 N–H and O–H groups in total. The molecular formula is C34H44O3. The molecule has 3 nitrogen and oxygen atoms in total. The van der Waals surface area contributed by atoms with Gasteiger partial charge in [0.2, 0.25) is 0 Å². The van der Waals surface area contributed by atoms with Crippen LogP contribution in [0, 0.1) is 21.7 Å². The van der Waals surface area contributed by atoms with Gasteiger partial charge in [-0.1, -0.05) is 83.1 Å². The third kappa shape index (κ3) is 6.50. The largest absolute Gasteiger partial charge is 0.457 e. The van der Waals surface area contributed by atoms with Crippen molar-refractivity contribution in [2.45, 2.75) is 83.1 Å². The Hall–Kier alpha value is -2.94. The number of carbonyl (C=O) groups is 2. The van der Waals surface area contributed by atoms with Crippen LogP contribution in [0.5, 0.6) is 0 Å². The second-order valence-electron chi connectivity index (χ2n) is 14.4. The second kappa shape index (κ2) is 9.42. The van der Waals surface area contributed by atoms with E-state index in [0.29, 0.717) is 0 Å². The predicted molar refractivity (Wildman–Crippen MR) is 155 cm³/mol. The summed E-state index contributed by atoms with van der Waals surface area (Å²) in [6.07, 6.45) is 11.9. The van der Waals surface area contributed by atoms with Crippen molar-refractivity contribution >= 4 is 23.7 Å². The molecule has 198 valence electrons. The fourth-order valence-corrected chi connectivity index (χ4v) is 4.55. The topological polar surface area (TPSA) is 47.3 Å². The maximum Gasteiger partial charge on any atom is 0.186 e. The molecule has 0 saturated carbocycles. The highest BCUT2D eigenvalue weighted by Gasteiger charge is 2.35. The molecule has 0 spiro atoms. The van der Waals surface area contributed by atoms with E-state index < -0.39 is 0 Å². The normalized spacial score (nSPS) is 17.8. The summed E-state index contributed by atoms with van der Waals surface area (Å²) in [5.41, 5.74) is 4.13. The average Bonchev–Trinajstić information content (AvgIpc) is 3.13. The number of hydrogen-bond acceptors (Lipinski definition) is 3. The SMILES string of the molecule is CC(C)(C)C1=CC(=Cc2ccc(C=C3C=C(C(C)(C)C)C(=O)C(C(C)(C)C)=C3)o2)C=C(C(C)(C)C)C1=O. The molecule has 0 fully saturated rings. The van der Waals surface area contributed by atoms with Gasteiger partial charge in [0, 0.05) is 22.3 Å². The van der Waals surface area contributed by atoms with Gasteiger partial charge in [-0.3, -0.25) is 9.59 Å². The predicted octanol–water partition coefficient (Wildman–Crippen LogP) is 9.10. The number of furan rings is 1. The van der Waals surface area contributed by atoms with Crippen LogP contribution in [0.2, 0.25) is 0 Å². The van der Waals surface area contributed by atoms with Crippen molar-refractivity contribution in [1.82, 2.24) is 0 Å². The molecule has 3 heteroatoms. The van der Waals surface area contributed by atoms with Gasteiger partial charge in [0.05, 0.1) is 0 Å². The molecule has 2 aliphatic rings. The Kier molecular flexibility index (Phi) is 7.29. The summed E-state index contributed by atoms with van der Waals surface area (Å²) in [4.78, 5) is 26.5. The van der Waals surface area contributed by atoms with E-state index in [1.165, 1.54) is 0 Å². The van der Waals surface area contributed by atoms with E-state index in [1.807, 2.05) is 48.6 Å². The first kappa shape index (κ1) is 28.6. The van der Waals surface area contributed by atoms with Gasteiger partial charge in [0.25, 0.3) is 0 Å². The van der Waals surface area contributed by atoms with Gasteiger partial charge in [0.1, 0.15) is 11.5 Å². The molecule has 0 amide bonds. The number of Topliss-reactive ketones (excluding diaryl/α,β-unsaturated/α-hetero) is 2. The lowest BCUT2D eigenvalue weighted by Crippen LogP contribution is -2.27. The highest BCUT2D eigenvalue weighted by molar-refractivity contribution is 6.12. The van der Waals surface area contributed by atoms with E-state index in [0.717, 1.165) is 45.0 Å². The zero-order valence-electron chi connectivity index (χ0n) is 24.8. The van der Waals surface area contributed by atoms with Crippen LogP contribution < -0.4 is 0 Å². The second-order valence-corrected chi connectivity index (χ2v) is 14.4. The van der Waals surface area contributed by atoms with Crippen LogP contribution in [-0.4, -0.2) is 11.6 Å². The lowest BCUT2D eigenvalue weighted by molar-refractivity contribution is -0.114. The van der Waals surface area contributed by atoms with Crippen molar-refractivity contribution in [2.75, 3.05) is 0 Å². The first-order chi connectivity index (χ1) is 16.7. The van der Waals surface area contributed by atoms with Gasteiger partial charge in [-0.05, 0) is 81.4 Å². The molecule has 0 bridgehead atoms. The van der Waals surface area contributed by atoms with Gasteiger partial charge in [-0.15, -0.1) is 0 Å². The maximum atomic E-state index is 13.2. The molecule has 0 aromatic carbocycles. The smallest absolute Gasteiger partial charge is 0.186 e. The summed E-state index contributed by atoms with van der Waals surface area (Å²) in [6, 6.07) is 3.89. The van der Waals surface area contributed by atoms with Gasteiger partial charge in [0.15, 0.2) is 11.6 Å². The Morgan fingerprint density at radius 3 is 0.946 bits per heavy atom. The van der Waals surface area contributed by atoms with Crippen LogP contribution in [-0.2, 0) is 9.59 Å². The van der Waals surface area contributed by atoms with Crippen LogP contribution in [0.15, 0.2) is 74.3 Å². The van der Waals surface area contributed by atoms with Crippen molar-refractivity contribution in [3.63, 3.8) is 0 Å². The van der Waals surface area contributed by atoms with Crippen LogP contribution >= 0.6 is 0 Å². The van der Waals surface area contributed by atoms with E-state index in [-0.39, 0.29) is 33.2 Å². The Bertz CT molecular complexity index is 1130. The van der Waals surface area contributed by atoms with Crippen LogP contribution in [0.3, 0.4) is 0 Å². The van der Waals surface area contributed by atoms with E-state index in [4.69, 9.17) is 4.42 Å². The average molecular weight is 501 g/mol. The molecule has 1 aromatic heterocycles. The fraction of sp³-hybridized carbons (Fsp3) is 0.471. The maximum absolute atomic E-state index is 13.2.